The van der Waals surface area contributed by atoms with E-state index < -0.39 is 0 Å². The van der Waals surface area contributed by atoms with Gasteiger partial charge in [-0.05, 0) is 57.5 Å². The van der Waals surface area contributed by atoms with Gasteiger partial charge >= 0.3 is 0 Å². The number of likely N-dealkylation sites (tertiary alicyclic amines) is 1. The van der Waals surface area contributed by atoms with Crippen molar-refractivity contribution in [2.24, 2.45) is 10.2 Å². The van der Waals surface area contributed by atoms with Crippen molar-refractivity contribution in [2.75, 3.05) is 6.54 Å². The van der Waals surface area contributed by atoms with Crippen molar-refractivity contribution in [3.8, 4) is 0 Å². The number of nitrogens with zero attached hydrogens (tertiary/aromatic N) is 4. The number of hydroxylamine groups is 2. The summed E-state index contributed by atoms with van der Waals surface area (Å²) in [6.45, 7) is 4.91. The fourth-order valence-corrected chi connectivity index (χ4v) is 2.64. The molecule has 1 fully saturated rings. The molecule has 2 aliphatic heterocycles. The zero-order valence-corrected chi connectivity index (χ0v) is 12.7. The van der Waals surface area contributed by atoms with Crippen LogP contribution in [-0.4, -0.2) is 32.9 Å². The highest BCUT2D eigenvalue weighted by Crippen LogP contribution is 2.19. The Morgan fingerprint density at radius 3 is 2.85 bits per heavy atom. The molecule has 2 heterocycles. The Morgan fingerprint density at radius 2 is 2.15 bits per heavy atom. The van der Waals surface area contributed by atoms with E-state index in [4.69, 9.17) is 12.2 Å². The number of hydrogen-bond donors (Lipinski definition) is 1. The molecule has 0 radical (unpaired) electrons. The minimum absolute atomic E-state index is 0.426. The molecule has 1 saturated heterocycles. The van der Waals surface area contributed by atoms with Gasteiger partial charge in [0, 0.05) is 18.8 Å². The van der Waals surface area contributed by atoms with E-state index in [2.05, 4.69) is 22.1 Å². The first kappa shape index (κ1) is 14.9. The Labute approximate surface area is 124 Å². The van der Waals surface area contributed by atoms with Gasteiger partial charge in [-0.15, -0.1) is 5.11 Å². The first-order valence-electron chi connectivity index (χ1n) is 6.86. The molecule has 6 heteroatoms. The lowest BCUT2D eigenvalue weighted by molar-refractivity contribution is -0.00149. The molecule has 0 aromatic rings. The summed E-state index contributed by atoms with van der Waals surface area (Å²) in [6.07, 6.45) is 10.5. The Kier molecular flexibility index (Phi) is 5.03. The van der Waals surface area contributed by atoms with Crippen LogP contribution in [0.1, 0.15) is 33.1 Å². The maximum absolute atomic E-state index is 9.69. The predicted molar refractivity (Wildman–Crippen MR) is 82.1 cm³/mol. The van der Waals surface area contributed by atoms with E-state index in [1.165, 1.54) is 6.42 Å². The van der Waals surface area contributed by atoms with Crippen LogP contribution in [0.4, 0.5) is 0 Å². The first-order valence-corrected chi connectivity index (χ1v) is 7.26. The average Bonchev–Trinajstić information content (AvgIpc) is 2.45. The van der Waals surface area contributed by atoms with Crippen molar-refractivity contribution in [3.63, 3.8) is 0 Å². The predicted octanol–water partition coefficient (Wildman–Crippen LogP) is 3.60. The number of thiocarbonyl (C=S) groups is 1. The van der Waals surface area contributed by atoms with E-state index in [1.54, 1.807) is 25.3 Å². The van der Waals surface area contributed by atoms with Gasteiger partial charge in [-0.1, -0.05) is 6.08 Å². The van der Waals surface area contributed by atoms with Gasteiger partial charge in [0.05, 0.1) is 11.4 Å². The van der Waals surface area contributed by atoms with E-state index >= 15 is 0 Å². The van der Waals surface area contributed by atoms with Crippen LogP contribution in [0.15, 0.2) is 46.1 Å². The van der Waals surface area contributed by atoms with Crippen molar-refractivity contribution < 1.29 is 5.21 Å². The third-order valence-electron chi connectivity index (χ3n) is 3.54. The van der Waals surface area contributed by atoms with Crippen LogP contribution in [0.25, 0.3) is 0 Å². The third kappa shape index (κ3) is 3.52. The molecule has 0 aromatic heterocycles. The molecule has 1 N–H and O–H groups in total. The number of hydrogen-bond acceptors (Lipinski definition) is 4. The maximum Gasteiger partial charge on any atom is 0.216 e. The Hall–Kier alpha value is -1.53. The van der Waals surface area contributed by atoms with Crippen LogP contribution in [0.3, 0.4) is 0 Å². The molecule has 0 aliphatic carbocycles. The summed E-state index contributed by atoms with van der Waals surface area (Å²) in [5.41, 5.74) is 1.23. The molecule has 20 heavy (non-hydrogen) atoms. The summed E-state index contributed by atoms with van der Waals surface area (Å²) in [4.78, 5) is 2.12. The lowest BCUT2D eigenvalue weighted by atomic mass is 10.0. The highest BCUT2D eigenvalue weighted by molar-refractivity contribution is 7.80. The van der Waals surface area contributed by atoms with Gasteiger partial charge in [-0.25, -0.2) is 5.06 Å². The first-order chi connectivity index (χ1) is 9.59. The summed E-state index contributed by atoms with van der Waals surface area (Å²) in [6, 6.07) is 0.426. The highest BCUT2D eigenvalue weighted by Gasteiger charge is 2.20. The summed E-state index contributed by atoms with van der Waals surface area (Å²) < 4.78 is 0. The SMILES string of the molecule is C/C(N=NC(=S)N1CCCCC1C)=C1/C=CC=CN1O. The number of azo groups is 1. The van der Waals surface area contributed by atoms with Crippen LogP contribution in [0.5, 0.6) is 0 Å². The number of piperidine rings is 1. The van der Waals surface area contributed by atoms with Gasteiger partial charge < -0.3 is 4.90 Å². The van der Waals surface area contributed by atoms with E-state index in [9.17, 15) is 5.21 Å². The molecular formula is C14H20N4OS. The summed E-state index contributed by atoms with van der Waals surface area (Å²) in [7, 11) is 0. The van der Waals surface area contributed by atoms with Gasteiger partial charge in [-0.2, -0.15) is 5.11 Å². The fraction of sp³-hybridized carbons (Fsp3) is 0.500. The molecule has 5 nitrogen and oxygen atoms in total. The van der Waals surface area contributed by atoms with E-state index in [0.717, 1.165) is 24.4 Å². The lowest BCUT2D eigenvalue weighted by Crippen LogP contribution is -2.40. The van der Waals surface area contributed by atoms with Crippen molar-refractivity contribution >= 4 is 17.3 Å². The molecule has 0 saturated carbocycles. The standard InChI is InChI=1S/C14H20N4OS/c1-11-7-3-5-9-17(11)14(20)16-15-12(2)13-8-4-6-10-18(13)19/h4,6,8,10-11,19H,3,5,7,9H2,1-2H3/b13-12+,16-15?. The monoisotopic (exact) mass is 292 g/mol. The Morgan fingerprint density at radius 1 is 1.35 bits per heavy atom. The minimum Gasteiger partial charge on any atom is -0.343 e. The van der Waals surface area contributed by atoms with Crippen LogP contribution >= 0.6 is 12.2 Å². The van der Waals surface area contributed by atoms with Gasteiger partial charge in [0.1, 0.15) is 0 Å². The van der Waals surface area contributed by atoms with Gasteiger partial charge in [0.15, 0.2) is 0 Å². The van der Waals surface area contributed by atoms with Crippen molar-refractivity contribution in [2.45, 2.75) is 39.2 Å². The van der Waals surface area contributed by atoms with E-state index in [0.29, 0.717) is 22.5 Å². The third-order valence-corrected chi connectivity index (χ3v) is 3.86. The largest absolute Gasteiger partial charge is 0.343 e. The molecule has 1 atom stereocenters. The van der Waals surface area contributed by atoms with Crippen molar-refractivity contribution in [3.05, 3.63) is 35.8 Å². The topological polar surface area (TPSA) is 51.4 Å². The molecule has 2 rings (SSSR count). The quantitative estimate of drug-likeness (QED) is 0.592. The normalized spacial score (nSPS) is 25.4. The van der Waals surface area contributed by atoms with Gasteiger partial charge in [0.25, 0.3) is 0 Å². The zero-order valence-electron chi connectivity index (χ0n) is 11.9. The van der Waals surface area contributed by atoms with Crippen LogP contribution < -0.4 is 0 Å². The van der Waals surface area contributed by atoms with Gasteiger partial charge in [0.2, 0.25) is 5.11 Å². The minimum atomic E-state index is 0.426. The molecule has 0 spiro atoms. The molecule has 0 aromatic carbocycles. The molecule has 0 amide bonds. The molecular weight excluding hydrogens is 272 g/mol. The second-order valence-electron chi connectivity index (χ2n) is 5.04. The summed E-state index contributed by atoms with van der Waals surface area (Å²) >= 11 is 5.34. The maximum atomic E-state index is 9.69. The Balaban J connectivity index is 2.05. The number of allylic oxidation sites excluding steroid dienone is 4. The van der Waals surface area contributed by atoms with Crippen LogP contribution in [0, 0.1) is 0 Å². The molecule has 0 bridgehead atoms. The second-order valence-corrected chi connectivity index (χ2v) is 5.40. The Bertz CT molecular complexity index is 495. The molecule has 2 aliphatic rings. The molecule has 108 valence electrons. The second kappa shape index (κ2) is 6.76. The van der Waals surface area contributed by atoms with Crippen LogP contribution in [0.2, 0.25) is 0 Å². The summed E-state index contributed by atoms with van der Waals surface area (Å²) in [5, 5.41) is 19.5. The average molecular weight is 292 g/mol. The van der Waals surface area contributed by atoms with Crippen molar-refractivity contribution in [1.82, 2.24) is 9.96 Å². The van der Waals surface area contributed by atoms with E-state index in [-0.39, 0.29) is 0 Å². The number of rotatable bonds is 1. The fourth-order valence-electron chi connectivity index (χ4n) is 2.33. The molecule has 1 unspecified atom stereocenters. The summed E-state index contributed by atoms with van der Waals surface area (Å²) in [5.74, 6) is 0. The highest BCUT2D eigenvalue weighted by atomic mass is 32.1. The smallest absolute Gasteiger partial charge is 0.216 e. The van der Waals surface area contributed by atoms with Crippen molar-refractivity contribution in [1.29, 1.82) is 0 Å². The zero-order chi connectivity index (χ0) is 14.5. The van der Waals surface area contributed by atoms with E-state index in [1.807, 2.05) is 6.08 Å². The lowest BCUT2D eigenvalue weighted by Gasteiger charge is -2.33. The van der Waals surface area contributed by atoms with Gasteiger partial charge in [-0.3, -0.25) is 5.21 Å². The van der Waals surface area contributed by atoms with Crippen LogP contribution in [-0.2, 0) is 0 Å².